The minimum atomic E-state index is -1.06. The lowest BCUT2D eigenvalue weighted by Crippen LogP contribution is -2.32. The summed E-state index contributed by atoms with van der Waals surface area (Å²) < 4.78 is 10.1. The second-order valence-electron chi connectivity index (χ2n) is 6.68. The van der Waals surface area contributed by atoms with Gasteiger partial charge >= 0.3 is 11.9 Å². The lowest BCUT2D eigenvalue weighted by molar-refractivity contribution is -0.143. The average molecular weight is 412 g/mol. The molecule has 0 spiro atoms. The van der Waals surface area contributed by atoms with Crippen LogP contribution in [-0.4, -0.2) is 42.5 Å². The largest absolute Gasteiger partial charge is 0.462 e. The summed E-state index contributed by atoms with van der Waals surface area (Å²) in [7, 11) is 0. The number of carbonyl (C=O) groups excluding carboxylic acids is 5. The lowest BCUT2D eigenvalue weighted by Gasteiger charge is -2.17. The molecule has 7 heteroatoms. The molecule has 0 radical (unpaired) electrons. The molecule has 0 heterocycles. The summed E-state index contributed by atoms with van der Waals surface area (Å²) in [4.78, 5) is 63.5. The summed E-state index contributed by atoms with van der Waals surface area (Å²) in [5.74, 6) is -4.84. The first kappa shape index (κ1) is 22.9. The number of ether oxygens (including phenoxy) is 2. The van der Waals surface area contributed by atoms with E-state index >= 15 is 0 Å². The van der Waals surface area contributed by atoms with Gasteiger partial charge in [0.1, 0.15) is 11.1 Å². The van der Waals surface area contributed by atoms with Crippen LogP contribution in [0, 0.1) is 0 Å². The van der Waals surface area contributed by atoms with Crippen molar-refractivity contribution in [3.05, 3.63) is 58.7 Å². The molecule has 2 rings (SSSR count). The van der Waals surface area contributed by atoms with Crippen molar-refractivity contribution in [2.75, 3.05) is 13.2 Å². The fourth-order valence-electron chi connectivity index (χ4n) is 2.71. The number of ketones is 3. The Hall–Kier alpha value is -3.35. The van der Waals surface area contributed by atoms with Crippen molar-refractivity contribution in [1.82, 2.24) is 0 Å². The predicted molar refractivity (Wildman–Crippen MR) is 108 cm³/mol. The van der Waals surface area contributed by atoms with E-state index in [0.717, 1.165) is 18.9 Å². The van der Waals surface area contributed by atoms with Crippen LogP contribution in [0.2, 0.25) is 0 Å². The van der Waals surface area contributed by atoms with Gasteiger partial charge in [-0.1, -0.05) is 57.0 Å². The Morgan fingerprint density at radius 2 is 1.37 bits per heavy atom. The van der Waals surface area contributed by atoms with Gasteiger partial charge in [-0.3, -0.25) is 14.4 Å². The molecule has 0 N–H and O–H groups in total. The van der Waals surface area contributed by atoms with Gasteiger partial charge < -0.3 is 9.47 Å². The highest BCUT2D eigenvalue weighted by molar-refractivity contribution is 6.46. The molecule has 30 heavy (non-hydrogen) atoms. The van der Waals surface area contributed by atoms with Gasteiger partial charge in [-0.2, -0.15) is 0 Å². The van der Waals surface area contributed by atoms with E-state index in [2.05, 4.69) is 0 Å². The number of allylic oxidation sites excluding steroid dienone is 2. The Balaban J connectivity index is 2.44. The van der Waals surface area contributed by atoms with E-state index < -0.39 is 46.0 Å². The molecular weight excluding hydrogens is 388 g/mol. The van der Waals surface area contributed by atoms with Crippen molar-refractivity contribution in [2.24, 2.45) is 0 Å². The molecule has 0 aromatic heterocycles. The van der Waals surface area contributed by atoms with Gasteiger partial charge in [0.05, 0.1) is 18.8 Å². The highest BCUT2D eigenvalue weighted by Crippen LogP contribution is 2.25. The molecule has 7 nitrogen and oxygen atoms in total. The Morgan fingerprint density at radius 3 is 1.93 bits per heavy atom. The van der Waals surface area contributed by atoms with Gasteiger partial charge in [0, 0.05) is 11.6 Å². The van der Waals surface area contributed by atoms with Gasteiger partial charge in [0.2, 0.25) is 5.78 Å². The number of carbonyl (C=O) groups is 5. The SMILES string of the molecule is CCCCOC(=O)C1=CC(=O)C(C(=O)OCCCC)=C(C(=O)c2ccccc2)C1=O. The van der Waals surface area contributed by atoms with Crippen LogP contribution in [0.3, 0.4) is 0 Å². The standard InChI is InChI=1S/C23H24O7/c1-3-5-12-29-22(27)16-14-17(24)18(23(28)30-13-6-4-2)19(21(16)26)20(25)15-10-8-7-9-11-15/h7-11,14H,3-6,12-13H2,1-2H3. The summed E-state index contributed by atoms with van der Waals surface area (Å²) in [6.45, 7) is 3.92. The molecule has 0 aliphatic heterocycles. The topological polar surface area (TPSA) is 104 Å². The van der Waals surface area contributed by atoms with E-state index in [0.29, 0.717) is 12.8 Å². The molecule has 0 unspecified atom stereocenters. The summed E-state index contributed by atoms with van der Waals surface area (Å²) >= 11 is 0. The fraction of sp³-hybridized carbons (Fsp3) is 0.348. The van der Waals surface area contributed by atoms with E-state index in [1.165, 1.54) is 12.1 Å². The zero-order valence-corrected chi connectivity index (χ0v) is 17.1. The van der Waals surface area contributed by atoms with Crippen LogP contribution in [0.4, 0.5) is 0 Å². The minimum Gasteiger partial charge on any atom is -0.462 e. The number of esters is 2. The van der Waals surface area contributed by atoms with Crippen LogP contribution >= 0.6 is 0 Å². The highest BCUT2D eigenvalue weighted by Gasteiger charge is 2.40. The maximum Gasteiger partial charge on any atom is 0.343 e. The van der Waals surface area contributed by atoms with E-state index in [4.69, 9.17) is 9.47 Å². The molecule has 1 aromatic rings. The molecule has 1 aromatic carbocycles. The summed E-state index contributed by atoms with van der Waals surface area (Å²) in [6.07, 6.45) is 3.41. The molecule has 158 valence electrons. The molecule has 1 aliphatic rings. The smallest absolute Gasteiger partial charge is 0.343 e. The Kier molecular flexibility index (Phi) is 8.41. The van der Waals surface area contributed by atoms with E-state index in [-0.39, 0.29) is 18.8 Å². The van der Waals surface area contributed by atoms with Gasteiger partial charge in [0.25, 0.3) is 0 Å². The molecule has 0 bridgehead atoms. The second-order valence-corrected chi connectivity index (χ2v) is 6.68. The van der Waals surface area contributed by atoms with Crippen molar-refractivity contribution in [1.29, 1.82) is 0 Å². The molecule has 0 saturated carbocycles. The first-order valence-corrected chi connectivity index (χ1v) is 9.91. The van der Waals surface area contributed by atoms with Crippen LogP contribution in [-0.2, 0) is 28.7 Å². The Bertz CT molecular complexity index is 907. The third-order valence-electron chi connectivity index (χ3n) is 4.39. The maximum absolute atomic E-state index is 13.0. The monoisotopic (exact) mass is 412 g/mol. The first-order valence-electron chi connectivity index (χ1n) is 9.91. The normalized spacial score (nSPS) is 13.7. The zero-order chi connectivity index (χ0) is 22.1. The van der Waals surface area contributed by atoms with Crippen LogP contribution in [0.1, 0.15) is 49.9 Å². The van der Waals surface area contributed by atoms with Crippen LogP contribution in [0.15, 0.2) is 53.1 Å². The summed E-state index contributed by atoms with van der Waals surface area (Å²) in [6, 6.07) is 7.74. The van der Waals surface area contributed by atoms with Crippen molar-refractivity contribution in [3.8, 4) is 0 Å². The minimum absolute atomic E-state index is 0.0444. The highest BCUT2D eigenvalue weighted by atomic mass is 16.5. The lowest BCUT2D eigenvalue weighted by atomic mass is 9.85. The maximum atomic E-state index is 13.0. The predicted octanol–water partition coefficient (Wildman–Crippen LogP) is 2.93. The number of rotatable bonds is 10. The molecule has 0 atom stereocenters. The number of Topliss-reactive ketones (excluding diaryl/α,β-unsaturated/α-hetero) is 2. The van der Waals surface area contributed by atoms with Crippen molar-refractivity contribution in [2.45, 2.75) is 39.5 Å². The number of unbranched alkanes of at least 4 members (excludes halogenated alkanes) is 2. The van der Waals surface area contributed by atoms with Crippen LogP contribution < -0.4 is 0 Å². The average Bonchev–Trinajstić information content (AvgIpc) is 2.75. The van der Waals surface area contributed by atoms with Crippen molar-refractivity contribution in [3.63, 3.8) is 0 Å². The quantitative estimate of drug-likeness (QED) is 0.191. The van der Waals surface area contributed by atoms with Gasteiger partial charge in [-0.05, 0) is 12.8 Å². The van der Waals surface area contributed by atoms with Gasteiger partial charge in [0.15, 0.2) is 11.6 Å². The third-order valence-corrected chi connectivity index (χ3v) is 4.39. The summed E-state index contributed by atoms with van der Waals surface area (Å²) in [5.41, 5.74) is -1.79. The number of hydrogen-bond donors (Lipinski definition) is 0. The number of hydrogen-bond acceptors (Lipinski definition) is 7. The molecular formula is C23H24O7. The van der Waals surface area contributed by atoms with Gasteiger partial charge in [-0.25, -0.2) is 9.59 Å². The zero-order valence-electron chi connectivity index (χ0n) is 17.1. The summed E-state index contributed by atoms with van der Waals surface area (Å²) in [5, 5.41) is 0. The van der Waals surface area contributed by atoms with E-state index in [1.54, 1.807) is 18.2 Å². The number of benzene rings is 1. The molecule has 1 aliphatic carbocycles. The molecule has 0 amide bonds. The third kappa shape index (κ3) is 5.37. The Labute approximate surface area is 174 Å². The molecule has 0 fully saturated rings. The molecule has 0 saturated heterocycles. The van der Waals surface area contributed by atoms with E-state index in [9.17, 15) is 24.0 Å². The van der Waals surface area contributed by atoms with Crippen LogP contribution in [0.5, 0.6) is 0 Å². The van der Waals surface area contributed by atoms with E-state index in [1.807, 2.05) is 13.8 Å². The van der Waals surface area contributed by atoms with Crippen molar-refractivity contribution < 1.29 is 33.4 Å². The fourth-order valence-corrected chi connectivity index (χ4v) is 2.71. The van der Waals surface area contributed by atoms with Crippen molar-refractivity contribution >= 4 is 29.3 Å². The Morgan fingerprint density at radius 1 is 0.800 bits per heavy atom. The van der Waals surface area contributed by atoms with Gasteiger partial charge in [-0.15, -0.1) is 0 Å². The first-order chi connectivity index (χ1) is 14.4. The van der Waals surface area contributed by atoms with Crippen LogP contribution in [0.25, 0.3) is 0 Å². The second kappa shape index (κ2) is 11.0.